The molecule has 0 fully saturated rings. The molecule has 1 heteroatoms. The van der Waals surface area contributed by atoms with Crippen LogP contribution in [0.25, 0.3) is 0 Å². The zero-order chi connectivity index (χ0) is 8.69. The molecule has 0 saturated heterocycles. The fraction of sp³-hybridized carbons (Fsp3) is 0.800. The van der Waals surface area contributed by atoms with Crippen molar-refractivity contribution in [3.8, 4) is 0 Å². The van der Waals surface area contributed by atoms with Crippen LogP contribution in [0.5, 0.6) is 0 Å². The molecule has 0 amide bonds. The zero-order valence-electron chi connectivity index (χ0n) is 8.11. The van der Waals surface area contributed by atoms with Crippen molar-refractivity contribution >= 4 is 0 Å². The van der Waals surface area contributed by atoms with Gasteiger partial charge in [0.25, 0.3) is 0 Å². The van der Waals surface area contributed by atoms with Crippen molar-refractivity contribution in [2.75, 3.05) is 6.54 Å². The Morgan fingerprint density at radius 3 is 2.45 bits per heavy atom. The molecule has 1 unspecified atom stereocenters. The van der Waals surface area contributed by atoms with Gasteiger partial charge in [-0.25, -0.2) is 0 Å². The van der Waals surface area contributed by atoms with Crippen LogP contribution >= 0.6 is 0 Å². The van der Waals surface area contributed by atoms with Gasteiger partial charge in [0.15, 0.2) is 0 Å². The van der Waals surface area contributed by atoms with Crippen LogP contribution in [0, 0.1) is 0 Å². The van der Waals surface area contributed by atoms with Crippen LogP contribution in [0.1, 0.15) is 40.0 Å². The summed E-state index contributed by atoms with van der Waals surface area (Å²) in [6.45, 7) is 11.5. The van der Waals surface area contributed by atoms with Gasteiger partial charge in [-0.1, -0.05) is 19.4 Å². The lowest BCUT2D eigenvalue weighted by atomic mass is 10.1. The third-order valence-corrected chi connectivity index (χ3v) is 1.77. The molecule has 0 aliphatic heterocycles. The molecule has 11 heavy (non-hydrogen) atoms. The summed E-state index contributed by atoms with van der Waals surface area (Å²) in [4.78, 5) is 0. The molecule has 0 rings (SSSR count). The lowest BCUT2D eigenvalue weighted by molar-refractivity contribution is 0.494. The van der Waals surface area contributed by atoms with Crippen molar-refractivity contribution in [3.63, 3.8) is 0 Å². The minimum atomic E-state index is 0.646. The summed E-state index contributed by atoms with van der Waals surface area (Å²) in [7, 11) is 0. The zero-order valence-corrected chi connectivity index (χ0v) is 8.11. The monoisotopic (exact) mass is 155 g/mol. The van der Waals surface area contributed by atoms with Crippen molar-refractivity contribution < 1.29 is 0 Å². The molecular formula is C10H21N. The second-order valence-corrected chi connectivity index (χ2v) is 3.22. The van der Waals surface area contributed by atoms with Gasteiger partial charge >= 0.3 is 0 Å². The van der Waals surface area contributed by atoms with Gasteiger partial charge in [0.05, 0.1) is 0 Å². The Morgan fingerprint density at radius 2 is 2.09 bits per heavy atom. The minimum Gasteiger partial charge on any atom is -0.314 e. The fourth-order valence-corrected chi connectivity index (χ4v) is 1.13. The first kappa shape index (κ1) is 10.7. The van der Waals surface area contributed by atoms with Crippen LogP contribution in [-0.2, 0) is 0 Å². The van der Waals surface area contributed by atoms with Crippen molar-refractivity contribution in [3.05, 3.63) is 12.2 Å². The Balaban J connectivity index is 3.49. The smallest absolute Gasteiger partial charge is 0.0101 e. The van der Waals surface area contributed by atoms with Gasteiger partial charge in [0.2, 0.25) is 0 Å². The molecule has 0 aliphatic rings. The highest BCUT2D eigenvalue weighted by Crippen LogP contribution is 2.04. The molecule has 1 nitrogen and oxygen atoms in total. The molecule has 0 aromatic heterocycles. The molecule has 0 aromatic rings. The Kier molecular flexibility index (Phi) is 6.24. The van der Waals surface area contributed by atoms with Crippen LogP contribution in [-0.4, -0.2) is 12.6 Å². The number of hydrogen-bond acceptors (Lipinski definition) is 1. The molecule has 0 bridgehead atoms. The van der Waals surface area contributed by atoms with E-state index in [0.29, 0.717) is 6.04 Å². The predicted molar refractivity (Wildman–Crippen MR) is 51.8 cm³/mol. The second kappa shape index (κ2) is 6.41. The lowest BCUT2D eigenvalue weighted by Gasteiger charge is -2.15. The summed E-state index contributed by atoms with van der Waals surface area (Å²) in [6, 6.07) is 0.646. The van der Waals surface area contributed by atoms with E-state index in [4.69, 9.17) is 0 Å². The van der Waals surface area contributed by atoms with Gasteiger partial charge in [-0.05, 0) is 32.7 Å². The Bertz CT molecular complexity index is 107. The largest absolute Gasteiger partial charge is 0.314 e. The van der Waals surface area contributed by atoms with Crippen molar-refractivity contribution in [1.29, 1.82) is 0 Å². The van der Waals surface area contributed by atoms with E-state index >= 15 is 0 Å². The molecule has 1 atom stereocenters. The molecule has 0 spiro atoms. The first-order valence-electron chi connectivity index (χ1n) is 4.58. The number of nitrogens with one attached hydrogen (secondary N) is 1. The van der Waals surface area contributed by atoms with E-state index in [1.165, 1.54) is 18.4 Å². The highest BCUT2D eigenvalue weighted by atomic mass is 14.9. The van der Waals surface area contributed by atoms with E-state index in [1.807, 2.05) is 0 Å². The quantitative estimate of drug-likeness (QED) is 0.582. The average molecular weight is 155 g/mol. The normalized spacial score (nSPS) is 13.0. The number of hydrogen-bond donors (Lipinski definition) is 1. The summed E-state index contributed by atoms with van der Waals surface area (Å²) in [6.07, 6.45) is 3.54. The minimum absolute atomic E-state index is 0.646. The SMILES string of the molecule is C=C(C)CC(CC)NCCC. The van der Waals surface area contributed by atoms with E-state index in [0.717, 1.165) is 13.0 Å². The maximum atomic E-state index is 3.91. The molecule has 0 aromatic carbocycles. The maximum absolute atomic E-state index is 3.91. The molecular weight excluding hydrogens is 134 g/mol. The highest BCUT2D eigenvalue weighted by Gasteiger charge is 2.03. The van der Waals surface area contributed by atoms with Crippen molar-refractivity contribution in [2.24, 2.45) is 0 Å². The summed E-state index contributed by atoms with van der Waals surface area (Å²) in [5.74, 6) is 0. The third kappa shape index (κ3) is 6.11. The van der Waals surface area contributed by atoms with Gasteiger partial charge in [0, 0.05) is 6.04 Å². The van der Waals surface area contributed by atoms with Gasteiger partial charge in [-0.3, -0.25) is 0 Å². The van der Waals surface area contributed by atoms with E-state index in [2.05, 4.69) is 32.7 Å². The predicted octanol–water partition coefficient (Wildman–Crippen LogP) is 2.73. The van der Waals surface area contributed by atoms with E-state index in [-0.39, 0.29) is 0 Å². The van der Waals surface area contributed by atoms with Crippen LogP contribution in [0.4, 0.5) is 0 Å². The lowest BCUT2D eigenvalue weighted by Crippen LogP contribution is -2.29. The molecule has 0 aliphatic carbocycles. The van der Waals surface area contributed by atoms with Crippen molar-refractivity contribution in [1.82, 2.24) is 5.32 Å². The molecule has 1 N–H and O–H groups in total. The Morgan fingerprint density at radius 1 is 1.45 bits per heavy atom. The number of rotatable bonds is 6. The molecule has 0 radical (unpaired) electrons. The van der Waals surface area contributed by atoms with Gasteiger partial charge < -0.3 is 5.32 Å². The summed E-state index contributed by atoms with van der Waals surface area (Å²) < 4.78 is 0. The standard InChI is InChI=1S/C10H21N/c1-5-7-11-10(6-2)8-9(3)4/h10-11H,3,5-8H2,1-2,4H3. The second-order valence-electron chi connectivity index (χ2n) is 3.22. The van der Waals surface area contributed by atoms with E-state index in [1.54, 1.807) is 0 Å². The van der Waals surface area contributed by atoms with Crippen molar-refractivity contribution in [2.45, 2.75) is 46.1 Å². The van der Waals surface area contributed by atoms with Gasteiger partial charge in [-0.2, -0.15) is 0 Å². The first-order valence-corrected chi connectivity index (χ1v) is 4.58. The van der Waals surface area contributed by atoms with Gasteiger partial charge in [-0.15, -0.1) is 6.58 Å². The third-order valence-electron chi connectivity index (χ3n) is 1.77. The highest BCUT2D eigenvalue weighted by molar-refractivity contribution is 4.92. The first-order chi connectivity index (χ1) is 5.20. The van der Waals surface area contributed by atoms with E-state index < -0.39 is 0 Å². The van der Waals surface area contributed by atoms with Gasteiger partial charge in [0.1, 0.15) is 0 Å². The van der Waals surface area contributed by atoms with E-state index in [9.17, 15) is 0 Å². The Labute approximate surface area is 70.9 Å². The fourth-order valence-electron chi connectivity index (χ4n) is 1.13. The van der Waals surface area contributed by atoms with Crippen LogP contribution < -0.4 is 5.32 Å². The topological polar surface area (TPSA) is 12.0 Å². The summed E-state index contributed by atoms with van der Waals surface area (Å²) in [5, 5.41) is 3.49. The summed E-state index contributed by atoms with van der Waals surface area (Å²) in [5.41, 5.74) is 1.28. The molecule has 0 heterocycles. The molecule has 66 valence electrons. The average Bonchev–Trinajstić information content (AvgIpc) is 1.97. The maximum Gasteiger partial charge on any atom is 0.0101 e. The van der Waals surface area contributed by atoms with Crippen LogP contribution in [0.15, 0.2) is 12.2 Å². The summed E-state index contributed by atoms with van der Waals surface area (Å²) >= 11 is 0. The van der Waals surface area contributed by atoms with Crippen LogP contribution in [0.2, 0.25) is 0 Å². The molecule has 0 saturated carbocycles. The van der Waals surface area contributed by atoms with Crippen LogP contribution in [0.3, 0.4) is 0 Å². The Hall–Kier alpha value is -0.300.